The third-order valence-corrected chi connectivity index (χ3v) is 4.94. The number of hydrogen-bond donors (Lipinski definition) is 1. The molecule has 2 aromatic carbocycles. The average molecular weight is 422 g/mol. The van der Waals surface area contributed by atoms with E-state index in [2.05, 4.69) is 89.0 Å². The van der Waals surface area contributed by atoms with Crippen molar-refractivity contribution in [3.05, 3.63) is 53.6 Å². The van der Waals surface area contributed by atoms with Crippen LogP contribution in [0, 0.1) is 6.92 Å². The lowest BCUT2D eigenvalue weighted by Crippen LogP contribution is -3.07. The number of para-hydroxylation sites is 2. The maximum atomic E-state index is 2.50. The molecule has 0 aromatic heterocycles. The van der Waals surface area contributed by atoms with Crippen molar-refractivity contribution in [2.45, 2.75) is 46.2 Å². The highest BCUT2D eigenvalue weighted by molar-refractivity contribution is 5.76. The Morgan fingerprint density at radius 1 is 1.00 bits per heavy atom. The predicted molar refractivity (Wildman–Crippen MR) is 94.5 cm³/mol. The third-order valence-electron chi connectivity index (χ3n) is 4.94. The van der Waals surface area contributed by atoms with Gasteiger partial charge in [0, 0.05) is 13.0 Å². The number of nitrogens with zero attached hydrogens (tertiary/aromatic N) is 1. The summed E-state index contributed by atoms with van der Waals surface area (Å²) in [5.74, 6) is 0. The minimum Gasteiger partial charge on any atom is -1.00 e. The molecule has 124 valence electrons. The number of rotatable bonds is 1. The normalized spacial score (nSPS) is 20.2. The van der Waals surface area contributed by atoms with Crippen LogP contribution in [0.25, 0.3) is 0 Å². The Bertz CT molecular complexity index is 703. The molecule has 0 bridgehead atoms. The number of nitrogens with one attached hydrogen (secondary N) is 1. The van der Waals surface area contributed by atoms with Crippen LogP contribution in [0.5, 0.6) is 0 Å². The van der Waals surface area contributed by atoms with Gasteiger partial charge < -0.3 is 24.0 Å². The lowest BCUT2D eigenvalue weighted by Gasteiger charge is -2.28. The Morgan fingerprint density at radius 3 is 2.30 bits per heavy atom. The Hall–Kier alpha value is -1.07. The highest BCUT2D eigenvalue weighted by atomic mass is 127. The molecule has 2 aromatic rings. The maximum absolute atomic E-state index is 2.50. The third kappa shape index (κ3) is 3.13. The summed E-state index contributed by atoms with van der Waals surface area (Å²) in [5, 5.41) is 0. The first-order chi connectivity index (χ1) is 10.3. The summed E-state index contributed by atoms with van der Waals surface area (Å²) < 4.78 is 0. The van der Waals surface area contributed by atoms with Crippen LogP contribution in [0.2, 0.25) is 0 Å². The summed E-state index contributed by atoms with van der Waals surface area (Å²) >= 11 is 0. The molecule has 3 heteroatoms. The maximum Gasteiger partial charge on any atom is 0.169 e. The zero-order valence-corrected chi connectivity index (χ0v) is 17.1. The molecule has 3 rings (SSSR count). The molecule has 1 N–H and O–H groups in total. The first-order valence-electron chi connectivity index (χ1n) is 8.14. The number of halogens is 1. The highest BCUT2D eigenvalue weighted by Crippen LogP contribution is 2.38. The van der Waals surface area contributed by atoms with Crippen molar-refractivity contribution in [3.8, 4) is 0 Å². The largest absolute Gasteiger partial charge is 1.00 e. The Morgan fingerprint density at radius 2 is 1.65 bits per heavy atom. The van der Waals surface area contributed by atoms with Gasteiger partial charge in [0.1, 0.15) is 5.69 Å². The van der Waals surface area contributed by atoms with Crippen molar-refractivity contribution in [2.75, 3.05) is 11.9 Å². The molecule has 0 fully saturated rings. The van der Waals surface area contributed by atoms with E-state index in [0.717, 1.165) is 0 Å². The van der Waals surface area contributed by atoms with Crippen molar-refractivity contribution < 1.29 is 28.9 Å². The van der Waals surface area contributed by atoms with Gasteiger partial charge in [-0.3, -0.25) is 9.80 Å². The van der Waals surface area contributed by atoms with Crippen molar-refractivity contribution in [1.29, 1.82) is 0 Å². The summed E-state index contributed by atoms with van der Waals surface area (Å²) in [6.07, 6.45) is 0.409. The van der Waals surface area contributed by atoms with Crippen molar-refractivity contribution in [1.82, 2.24) is 0 Å². The van der Waals surface area contributed by atoms with E-state index in [9.17, 15) is 0 Å². The van der Waals surface area contributed by atoms with Gasteiger partial charge in [-0.05, 0) is 35.6 Å². The van der Waals surface area contributed by atoms with Crippen LogP contribution in [0.1, 0.15) is 38.8 Å². The van der Waals surface area contributed by atoms with Crippen LogP contribution in [0.4, 0.5) is 17.1 Å². The molecule has 0 aliphatic carbocycles. The van der Waals surface area contributed by atoms with E-state index < -0.39 is 0 Å². The molecule has 0 saturated heterocycles. The summed E-state index contributed by atoms with van der Waals surface area (Å²) in [5.41, 5.74) is 6.96. The molecule has 2 nitrogen and oxygen atoms in total. The minimum absolute atomic E-state index is 0. The zero-order valence-electron chi connectivity index (χ0n) is 14.9. The SMILES string of the molecule is Cc1ccc(C(C)(C)C)cc1N1c2ccccc2[NH+](C)[C@@H]1C.[I-]. The summed E-state index contributed by atoms with van der Waals surface area (Å²) in [6, 6.07) is 15.7. The van der Waals surface area contributed by atoms with E-state index in [1.807, 2.05) is 0 Å². The van der Waals surface area contributed by atoms with Crippen LogP contribution in [0.15, 0.2) is 42.5 Å². The molecule has 1 aliphatic heterocycles. The number of fused-ring (bicyclic) bond motifs is 1. The Balaban J connectivity index is 0.00000192. The Labute approximate surface area is 157 Å². The smallest absolute Gasteiger partial charge is 0.169 e. The topological polar surface area (TPSA) is 7.68 Å². The fourth-order valence-corrected chi connectivity index (χ4v) is 3.32. The Kier molecular flexibility index (Phi) is 5.12. The van der Waals surface area contributed by atoms with Gasteiger partial charge in [-0.1, -0.05) is 45.0 Å². The second-order valence-electron chi connectivity index (χ2n) is 7.50. The monoisotopic (exact) mass is 422 g/mol. The molecule has 2 atom stereocenters. The number of quaternary nitrogens is 1. The van der Waals surface area contributed by atoms with E-state index >= 15 is 0 Å². The first-order valence-corrected chi connectivity index (χ1v) is 8.14. The van der Waals surface area contributed by atoms with Gasteiger partial charge in [0.05, 0.1) is 12.7 Å². The number of hydrogen-bond acceptors (Lipinski definition) is 1. The van der Waals surface area contributed by atoms with E-state index in [-0.39, 0.29) is 29.4 Å². The fraction of sp³-hybridized carbons (Fsp3) is 0.400. The van der Waals surface area contributed by atoms with Gasteiger partial charge in [-0.25, -0.2) is 0 Å². The molecule has 0 saturated carbocycles. The standard InChI is InChI=1S/C20H26N2.HI/c1-14-11-12-16(20(3,4)5)13-19(14)22-15(2)21(6)17-9-7-8-10-18(17)22;/h7-13,15H,1-6H3;1H/t15-;/m0./s1. The van der Waals surface area contributed by atoms with E-state index in [1.165, 1.54) is 33.1 Å². The molecule has 0 spiro atoms. The van der Waals surface area contributed by atoms with Crippen LogP contribution in [-0.2, 0) is 5.41 Å². The van der Waals surface area contributed by atoms with Crippen molar-refractivity contribution >= 4 is 17.1 Å². The molecule has 1 unspecified atom stereocenters. The molecular weight excluding hydrogens is 395 g/mol. The number of anilines is 2. The van der Waals surface area contributed by atoms with Gasteiger partial charge in [-0.15, -0.1) is 0 Å². The lowest BCUT2D eigenvalue weighted by atomic mass is 9.86. The van der Waals surface area contributed by atoms with Crippen molar-refractivity contribution in [3.63, 3.8) is 0 Å². The first kappa shape index (κ1) is 18.3. The molecule has 0 radical (unpaired) electrons. The van der Waals surface area contributed by atoms with Gasteiger partial charge >= 0.3 is 0 Å². The molecule has 0 amide bonds. The van der Waals surface area contributed by atoms with Crippen LogP contribution in [0.3, 0.4) is 0 Å². The van der Waals surface area contributed by atoms with Crippen molar-refractivity contribution in [2.24, 2.45) is 0 Å². The molecule has 1 heterocycles. The molecular formula is C20H27IN2. The second kappa shape index (κ2) is 6.44. The predicted octanol–water partition coefficient (Wildman–Crippen LogP) is 0.940. The fourth-order valence-electron chi connectivity index (χ4n) is 3.32. The lowest BCUT2D eigenvalue weighted by molar-refractivity contribution is -0.828. The second-order valence-corrected chi connectivity index (χ2v) is 7.50. The van der Waals surface area contributed by atoms with Gasteiger partial charge in [0.15, 0.2) is 11.9 Å². The van der Waals surface area contributed by atoms with E-state index in [1.54, 1.807) is 0 Å². The number of benzene rings is 2. The minimum atomic E-state index is 0. The quantitative estimate of drug-likeness (QED) is 0.673. The van der Waals surface area contributed by atoms with Gasteiger partial charge in [-0.2, -0.15) is 0 Å². The number of aryl methyl sites for hydroxylation is 1. The van der Waals surface area contributed by atoms with Crippen LogP contribution in [-0.4, -0.2) is 13.2 Å². The molecule has 1 aliphatic rings. The average Bonchev–Trinajstić information content (AvgIpc) is 2.71. The highest BCUT2D eigenvalue weighted by Gasteiger charge is 2.36. The summed E-state index contributed by atoms with van der Waals surface area (Å²) in [7, 11) is 2.26. The van der Waals surface area contributed by atoms with E-state index in [0.29, 0.717) is 6.17 Å². The van der Waals surface area contributed by atoms with Gasteiger partial charge in [0.2, 0.25) is 0 Å². The summed E-state index contributed by atoms with van der Waals surface area (Å²) in [4.78, 5) is 3.95. The summed E-state index contributed by atoms with van der Waals surface area (Å²) in [6.45, 7) is 11.4. The zero-order chi connectivity index (χ0) is 16.1. The molecule has 23 heavy (non-hydrogen) atoms. The van der Waals surface area contributed by atoms with Crippen LogP contribution >= 0.6 is 0 Å². The van der Waals surface area contributed by atoms with E-state index in [4.69, 9.17) is 0 Å². The van der Waals surface area contributed by atoms with Gasteiger partial charge in [0.25, 0.3) is 0 Å². The van der Waals surface area contributed by atoms with Crippen LogP contribution < -0.4 is 33.8 Å².